The molecule has 0 fully saturated rings. The molecule has 6 heteroatoms. The van der Waals surface area contributed by atoms with Gasteiger partial charge >= 0.3 is 6.03 Å². The van der Waals surface area contributed by atoms with Crippen LogP contribution in [0.3, 0.4) is 0 Å². The van der Waals surface area contributed by atoms with E-state index < -0.39 is 6.03 Å². The highest BCUT2D eigenvalue weighted by molar-refractivity contribution is 6.03. The van der Waals surface area contributed by atoms with E-state index in [9.17, 15) is 9.59 Å². The van der Waals surface area contributed by atoms with Crippen LogP contribution in [-0.2, 0) is 0 Å². The van der Waals surface area contributed by atoms with Crippen LogP contribution in [0.25, 0.3) is 0 Å². The minimum Gasteiger partial charge on any atom is -0.351 e. The van der Waals surface area contributed by atoms with Crippen molar-refractivity contribution in [1.29, 1.82) is 0 Å². The number of hydrogen-bond acceptors (Lipinski definition) is 3. The number of amides is 3. The van der Waals surface area contributed by atoms with Crippen molar-refractivity contribution < 1.29 is 9.59 Å². The van der Waals surface area contributed by atoms with E-state index in [1.807, 2.05) is 0 Å². The van der Waals surface area contributed by atoms with E-state index in [-0.39, 0.29) is 5.91 Å². The van der Waals surface area contributed by atoms with E-state index in [4.69, 9.17) is 11.5 Å². The Labute approximate surface area is 93.0 Å². The Balaban J connectivity index is 2.85. The predicted molar refractivity (Wildman–Crippen MR) is 61.0 cm³/mol. The van der Waals surface area contributed by atoms with Crippen molar-refractivity contribution in [2.45, 2.75) is 0 Å². The molecule has 1 rings (SSSR count). The van der Waals surface area contributed by atoms with Crippen LogP contribution in [0.1, 0.15) is 10.4 Å². The summed E-state index contributed by atoms with van der Waals surface area (Å²) in [6.07, 6.45) is 0. The van der Waals surface area contributed by atoms with Crippen molar-refractivity contribution in [1.82, 2.24) is 5.32 Å². The molecule has 0 aromatic heterocycles. The average molecular weight is 222 g/mol. The quantitative estimate of drug-likeness (QED) is 0.569. The fourth-order valence-electron chi connectivity index (χ4n) is 1.20. The fourth-order valence-corrected chi connectivity index (χ4v) is 1.20. The molecule has 6 N–H and O–H groups in total. The van der Waals surface area contributed by atoms with Gasteiger partial charge in [-0.15, -0.1) is 0 Å². The van der Waals surface area contributed by atoms with Crippen LogP contribution >= 0.6 is 0 Å². The van der Waals surface area contributed by atoms with Gasteiger partial charge in [0.25, 0.3) is 5.91 Å². The summed E-state index contributed by atoms with van der Waals surface area (Å²) in [5.74, 6) is -0.296. The van der Waals surface area contributed by atoms with E-state index in [0.29, 0.717) is 24.3 Å². The van der Waals surface area contributed by atoms with Crippen LogP contribution in [0.15, 0.2) is 24.3 Å². The van der Waals surface area contributed by atoms with Crippen molar-refractivity contribution in [3.63, 3.8) is 0 Å². The first-order valence-electron chi connectivity index (χ1n) is 4.79. The van der Waals surface area contributed by atoms with Gasteiger partial charge in [-0.2, -0.15) is 0 Å². The highest BCUT2D eigenvalue weighted by Gasteiger charge is 2.10. The van der Waals surface area contributed by atoms with Crippen molar-refractivity contribution in [2.24, 2.45) is 11.5 Å². The lowest BCUT2D eigenvalue weighted by molar-refractivity contribution is 0.0955. The summed E-state index contributed by atoms with van der Waals surface area (Å²) in [7, 11) is 0. The Morgan fingerprint density at radius 2 is 1.94 bits per heavy atom. The molecule has 0 saturated carbocycles. The van der Waals surface area contributed by atoms with Gasteiger partial charge in [-0.3, -0.25) is 4.79 Å². The first-order valence-corrected chi connectivity index (χ1v) is 4.79. The summed E-state index contributed by atoms with van der Waals surface area (Å²) >= 11 is 0. The van der Waals surface area contributed by atoms with E-state index >= 15 is 0 Å². The molecule has 16 heavy (non-hydrogen) atoms. The van der Waals surface area contributed by atoms with Crippen LogP contribution < -0.4 is 22.1 Å². The fraction of sp³-hybridized carbons (Fsp3) is 0.200. The monoisotopic (exact) mass is 222 g/mol. The van der Waals surface area contributed by atoms with Crippen molar-refractivity contribution in [3.8, 4) is 0 Å². The summed E-state index contributed by atoms with van der Waals surface area (Å²) in [6, 6.07) is 5.88. The largest absolute Gasteiger partial charge is 0.351 e. The van der Waals surface area contributed by atoms with Gasteiger partial charge in [0.2, 0.25) is 0 Å². The van der Waals surface area contributed by atoms with Gasteiger partial charge < -0.3 is 22.1 Å². The van der Waals surface area contributed by atoms with E-state index in [1.165, 1.54) is 0 Å². The Hall–Kier alpha value is -2.08. The topological polar surface area (TPSA) is 110 Å². The van der Waals surface area contributed by atoms with Crippen molar-refractivity contribution in [2.75, 3.05) is 18.4 Å². The standard InChI is InChI=1S/C10H14N4O2/c11-5-6-13-9(15)7-3-1-2-4-8(7)14-10(12)16/h1-4H,5-6,11H2,(H,13,15)(H3,12,14,16). The van der Waals surface area contributed by atoms with Crippen molar-refractivity contribution in [3.05, 3.63) is 29.8 Å². The number of anilines is 1. The average Bonchev–Trinajstić information content (AvgIpc) is 2.26. The Kier molecular flexibility index (Phi) is 4.28. The maximum Gasteiger partial charge on any atom is 0.316 e. The highest BCUT2D eigenvalue weighted by Crippen LogP contribution is 2.14. The molecular formula is C10H14N4O2. The van der Waals surface area contributed by atoms with E-state index in [0.717, 1.165) is 0 Å². The van der Waals surface area contributed by atoms with Gasteiger partial charge in [-0.25, -0.2) is 4.79 Å². The van der Waals surface area contributed by atoms with Gasteiger partial charge in [0, 0.05) is 13.1 Å². The van der Waals surface area contributed by atoms with Crippen LogP contribution in [0, 0.1) is 0 Å². The summed E-state index contributed by atoms with van der Waals surface area (Å²) in [6.45, 7) is 0.737. The lowest BCUT2D eigenvalue weighted by atomic mass is 10.1. The summed E-state index contributed by atoms with van der Waals surface area (Å²) in [5, 5.41) is 4.98. The Morgan fingerprint density at radius 3 is 2.56 bits per heavy atom. The number of nitrogens with one attached hydrogen (secondary N) is 2. The molecule has 0 spiro atoms. The number of para-hydroxylation sites is 1. The normalized spacial score (nSPS) is 9.56. The van der Waals surface area contributed by atoms with Gasteiger partial charge in [0.15, 0.2) is 0 Å². The zero-order valence-corrected chi connectivity index (χ0v) is 8.69. The molecule has 0 bridgehead atoms. The zero-order valence-electron chi connectivity index (χ0n) is 8.69. The van der Waals surface area contributed by atoms with Gasteiger partial charge in [-0.1, -0.05) is 12.1 Å². The molecule has 1 aromatic carbocycles. The molecule has 0 saturated heterocycles. The second kappa shape index (κ2) is 5.72. The minimum atomic E-state index is -0.709. The molecule has 0 radical (unpaired) electrons. The third-order valence-corrected chi connectivity index (χ3v) is 1.86. The molecule has 0 atom stereocenters. The van der Waals surface area contributed by atoms with Crippen LogP contribution in [-0.4, -0.2) is 25.0 Å². The highest BCUT2D eigenvalue weighted by atomic mass is 16.2. The van der Waals surface area contributed by atoms with Gasteiger partial charge in [0.1, 0.15) is 0 Å². The molecule has 86 valence electrons. The summed E-state index contributed by atoms with van der Waals surface area (Å²) in [5.41, 5.74) is 11.0. The number of hydrogen-bond donors (Lipinski definition) is 4. The number of nitrogens with two attached hydrogens (primary N) is 2. The third kappa shape index (κ3) is 3.25. The number of rotatable bonds is 4. The predicted octanol–water partition coefficient (Wildman–Crippen LogP) is -0.134. The molecule has 0 aliphatic rings. The number of benzene rings is 1. The number of urea groups is 1. The number of carbonyl (C=O) groups is 2. The number of carbonyl (C=O) groups excluding carboxylic acids is 2. The second-order valence-electron chi connectivity index (χ2n) is 3.08. The van der Waals surface area contributed by atoms with E-state index in [2.05, 4.69) is 10.6 Å². The molecule has 0 aliphatic carbocycles. The second-order valence-corrected chi connectivity index (χ2v) is 3.08. The molecule has 1 aromatic rings. The van der Waals surface area contributed by atoms with Crippen LogP contribution in [0.5, 0.6) is 0 Å². The Morgan fingerprint density at radius 1 is 1.25 bits per heavy atom. The van der Waals surface area contributed by atoms with Crippen LogP contribution in [0.4, 0.5) is 10.5 Å². The summed E-state index contributed by atoms with van der Waals surface area (Å²) in [4.78, 5) is 22.4. The zero-order chi connectivity index (χ0) is 12.0. The van der Waals surface area contributed by atoms with Gasteiger partial charge in [0.05, 0.1) is 11.3 Å². The first-order chi connectivity index (χ1) is 7.65. The molecule has 3 amide bonds. The van der Waals surface area contributed by atoms with E-state index in [1.54, 1.807) is 24.3 Å². The number of primary amides is 1. The SMILES string of the molecule is NCCNC(=O)c1ccccc1NC(N)=O. The molecule has 0 heterocycles. The first kappa shape index (κ1) is 12.0. The maximum absolute atomic E-state index is 11.6. The molecule has 6 nitrogen and oxygen atoms in total. The van der Waals surface area contributed by atoms with Crippen LogP contribution in [0.2, 0.25) is 0 Å². The molecule has 0 unspecified atom stereocenters. The van der Waals surface area contributed by atoms with Gasteiger partial charge in [-0.05, 0) is 12.1 Å². The third-order valence-electron chi connectivity index (χ3n) is 1.86. The smallest absolute Gasteiger partial charge is 0.316 e. The lowest BCUT2D eigenvalue weighted by Gasteiger charge is -2.09. The summed E-state index contributed by atoms with van der Waals surface area (Å²) < 4.78 is 0. The minimum absolute atomic E-state index is 0.296. The molecular weight excluding hydrogens is 208 g/mol. The molecule has 0 aliphatic heterocycles. The lowest BCUT2D eigenvalue weighted by Crippen LogP contribution is -2.30. The Bertz CT molecular complexity index is 392. The van der Waals surface area contributed by atoms with Crippen molar-refractivity contribution >= 4 is 17.6 Å². The maximum atomic E-state index is 11.6.